The molecule has 2 heterocycles. The van der Waals surface area contributed by atoms with Crippen LogP contribution >= 0.6 is 0 Å². The molecule has 4 aromatic rings. The van der Waals surface area contributed by atoms with Crippen LogP contribution in [0.4, 0.5) is 10.5 Å². The topological polar surface area (TPSA) is 123 Å². The van der Waals surface area contributed by atoms with Crippen LogP contribution in [0.2, 0.25) is 0 Å². The molecule has 0 spiro atoms. The molecule has 166 valence electrons. The third-order valence-electron chi connectivity index (χ3n) is 4.69. The summed E-state index contributed by atoms with van der Waals surface area (Å²) in [5, 5.41) is 15.5. The molecule has 9 nitrogen and oxygen atoms in total. The maximum atomic E-state index is 12.4. The third kappa shape index (κ3) is 5.34. The zero-order chi connectivity index (χ0) is 23.2. The summed E-state index contributed by atoms with van der Waals surface area (Å²) in [5.74, 6) is 0.0908. The van der Waals surface area contributed by atoms with Gasteiger partial charge in [-0.2, -0.15) is 0 Å². The Morgan fingerprint density at radius 3 is 2.55 bits per heavy atom. The second-order valence-corrected chi connectivity index (χ2v) is 6.97. The van der Waals surface area contributed by atoms with E-state index >= 15 is 0 Å². The van der Waals surface area contributed by atoms with Gasteiger partial charge in [-0.1, -0.05) is 30.3 Å². The largest absolute Gasteiger partial charge is 0.479 e. The average Bonchev–Trinajstić information content (AvgIpc) is 2.83. The Morgan fingerprint density at radius 1 is 1.00 bits per heavy atom. The van der Waals surface area contributed by atoms with E-state index in [1.54, 1.807) is 30.3 Å². The van der Waals surface area contributed by atoms with Crippen molar-refractivity contribution in [1.29, 1.82) is 0 Å². The molecule has 0 fully saturated rings. The monoisotopic (exact) mass is 444 g/mol. The Kier molecular flexibility index (Phi) is 6.31. The first-order chi connectivity index (χ1) is 16.0. The number of nitrogens with zero attached hydrogens (tertiary/aromatic N) is 2. The predicted octanol–water partition coefficient (Wildman–Crippen LogP) is 4.45. The van der Waals surface area contributed by atoms with Gasteiger partial charge in [0.1, 0.15) is 17.2 Å². The second kappa shape index (κ2) is 9.65. The van der Waals surface area contributed by atoms with Crippen LogP contribution in [0.3, 0.4) is 0 Å². The molecule has 3 N–H and O–H groups in total. The number of fused-ring (bicyclic) bond motifs is 1. The van der Waals surface area contributed by atoms with Crippen molar-refractivity contribution >= 4 is 28.6 Å². The van der Waals surface area contributed by atoms with E-state index in [0.29, 0.717) is 23.1 Å². The Balaban J connectivity index is 1.36. The zero-order valence-corrected chi connectivity index (χ0v) is 17.6. The van der Waals surface area contributed by atoms with E-state index in [1.165, 1.54) is 19.4 Å². The Labute approximate surface area is 189 Å². The van der Waals surface area contributed by atoms with E-state index in [2.05, 4.69) is 20.6 Å². The normalized spacial score (nSPS) is 10.5. The lowest BCUT2D eigenvalue weighted by atomic mass is 10.2. The molecule has 4 rings (SSSR count). The maximum Gasteiger partial charge on any atom is 0.354 e. The molecular formula is C24H20N4O5. The van der Waals surface area contributed by atoms with Gasteiger partial charge in [-0.15, -0.1) is 0 Å². The molecule has 0 aliphatic rings. The van der Waals surface area contributed by atoms with Crippen molar-refractivity contribution in [1.82, 2.24) is 15.3 Å². The number of methoxy groups -OCH3 is 1. The molecule has 0 radical (unpaired) electrons. The minimum atomic E-state index is -1.13. The fourth-order valence-electron chi connectivity index (χ4n) is 3.10. The first-order valence-electron chi connectivity index (χ1n) is 9.96. The van der Waals surface area contributed by atoms with Gasteiger partial charge in [0.05, 0.1) is 12.6 Å². The van der Waals surface area contributed by atoms with Crippen LogP contribution in [-0.4, -0.2) is 34.2 Å². The number of amides is 2. The van der Waals surface area contributed by atoms with Crippen molar-refractivity contribution in [2.75, 3.05) is 12.4 Å². The standard InChI is InChI=1S/C24H20N4O5/c1-32-22-20(12-16-4-2-3-5-19(16)27-22)28-24(31)26-14-15-6-8-17(9-7-15)33-18-10-11-25-21(13-18)23(29)30/h2-13H,14H2,1H3,(H,29,30)(H2,26,28,31). The maximum absolute atomic E-state index is 12.4. The molecule has 2 aromatic heterocycles. The first-order valence-corrected chi connectivity index (χ1v) is 9.96. The number of benzene rings is 2. The Morgan fingerprint density at radius 2 is 1.79 bits per heavy atom. The minimum absolute atomic E-state index is 0.0995. The number of rotatable bonds is 7. The van der Waals surface area contributed by atoms with Gasteiger partial charge in [0.25, 0.3) is 0 Å². The summed E-state index contributed by atoms with van der Waals surface area (Å²) >= 11 is 0. The van der Waals surface area contributed by atoms with Crippen molar-refractivity contribution in [3.8, 4) is 17.4 Å². The number of anilines is 1. The quantitative estimate of drug-likeness (QED) is 0.385. The van der Waals surface area contributed by atoms with Crippen molar-refractivity contribution in [3.63, 3.8) is 0 Å². The molecule has 2 aromatic carbocycles. The zero-order valence-electron chi connectivity index (χ0n) is 17.6. The van der Waals surface area contributed by atoms with Crippen LogP contribution in [0.15, 0.2) is 72.9 Å². The summed E-state index contributed by atoms with van der Waals surface area (Å²) in [6.07, 6.45) is 1.37. The molecule has 0 unspecified atom stereocenters. The number of hydrogen-bond donors (Lipinski definition) is 3. The van der Waals surface area contributed by atoms with Crippen molar-refractivity contribution < 1.29 is 24.2 Å². The van der Waals surface area contributed by atoms with Gasteiger partial charge in [-0.05, 0) is 35.9 Å². The van der Waals surface area contributed by atoms with Crippen LogP contribution < -0.4 is 20.1 Å². The number of aromatic nitrogens is 2. The van der Waals surface area contributed by atoms with Gasteiger partial charge >= 0.3 is 12.0 Å². The molecule has 0 aliphatic heterocycles. The summed E-state index contributed by atoms with van der Waals surface area (Å²) < 4.78 is 11.0. The van der Waals surface area contributed by atoms with Crippen molar-refractivity contribution in [3.05, 3.63) is 84.2 Å². The van der Waals surface area contributed by atoms with Crippen molar-refractivity contribution in [2.45, 2.75) is 6.54 Å². The van der Waals surface area contributed by atoms with E-state index in [1.807, 2.05) is 30.3 Å². The fraction of sp³-hybridized carbons (Fsp3) is 0.0833. The molecule has 0 atom stereocenters. The highest BCUT2D eigenvalue weighted by Gasteiger charge is 2.11. The number of para-hydroxylation sites is 1. The van der Waals surface area contributed by atoms with E-state index in [-0.39, 0.29) is 12.2 Å². The van der Waals surface area contributed by atoms with Crippen LogP contribution in [0.1, 0.15) is 16.1 Å². The van der Waals surface area contributed by atoms with E-state index < -0.39 is 12.0 Å². The predicted molar refractivity (Wildman–Crippen MR) is 122 cm³/mol. The van der Waals surface area contributed by atoms with Crippen LogP contribution in [0.25, 0.3) is 10.9 Å². The molecule has 0 bridgehead atoms. The smallest absolute Gasteiger partial charge is 0.354 e. The summed E-state index contributed by atoms with van der Waals surface area (Å²) in [6, 6.07) is 18.9. The summed E-state index contributed by atoms with van der Waals surface area (Å²) in [5.41, 5.74) is 1.99. The lowest BCUT2D eigenvalue weighted by Gasteiger charge is -2.12. The number of pyridine rings is 2. The molecule has 2 amide bonds. The molecule has 33 heavy (non-hydrogen) atoms. The van der Waals surface area contributed by atoms with Crippen LogP contribution in [0.5, 0.6) is 17.4 Å². The van der Waals surface area contributed by atoms with E-state index in [9.17, 15) is 9.59 Å². The number of nitrogens with one attached hydrogen (secondary N) is 2. The minimum Gasteiger partial charge on any atom is -0.479 e. The molecule has 0 aliphatic carbocycles. The SMILES string of the molecule is COc1nc2ccccc2cc1NC(=O)NCc1ccc(Oc2ccnc(C(=O)O)c2)cc1. The van der Waals surface area contributed by atoms with Gasteiger partial charge in [0.15, 0.2) is 5.69 Å². The van der Waals surface area contributed by atoms with E-state index in [4.69, 9.17) is 14.6 Å². The number of carbonyl (C=O) groups is 2. The number of aromatic carboxylic acids is 1. The van der Waals surface area contributed by atoms with Crippen molar-refractivity contribution in [2.24, 2.45) is 0 Å². The number of carboxylic acids is 1. The highest BCUT2D eigenvalue weighted by Crippen LogP contribution is 2.26. The highest BCUT2D eigenvalue weighted by atomic mass is 16.5. The Bertz CT molecular complexity index is 1310. The second-order valence-electron chi connectivity index (χ2n) is 6.97. The summed E-state index contributed by atoms with van der Waals surface area (Å²) in [6.45, 7) is 0.286. The Hall–Kier alpha value is -4.66. The number of urea groups is 1. The average molecular weight is 444 g/mol. The number of carboxylic acid groups (broad SMARTS) is 1. The number of ether oxygens (including phenoxy) is 2. The van der Waals surface area contributed by atoms with Gasteiger partial charge in [-0.25, -0.2) is 19.6 Å². The first kappa shape index (κ1) is 21.6. The van der Waals surface area contributed by atoms with E-state index in [0.717, 1.165) is 16.5 Å². The van der Waals surface area contributed by atoms with Gasteiger partial charge in [0, 0.05) is 24.2 Å². The lowest BCUT2D eigenvalue weighted by Crippen LogP contribution is -2.28. The van der Waals surface area contributed by atoms with Gasteiger partial charge in [-0.3, -0.25) is 0 Å². The van der Waals surface area contributed by atoms with Gasteiger partial charge in [0.2, 0.25) is 5.88 Å². The fourth-order valence-corrected chi connectivity index (χ4v) is 3.10. The highest BCUT2D eigenvalue weighted by molar-refractivity contribution is 5.94. The molecular weight excluding hydrogens is 424 g/mol. The number of carbonyl (C=O) groups excluding carboxylic acids is 1. The van der Waals surface area contributed by atoms with Gasteiger partial charge < -0.3 is 25.2 Å². The van der Waals surface area contributed by atoms with Crippen LogP contribution in [0, 0.1) is 0 Å². The molecule has 0 saturated heterocycles. The molecule has 9 heteroatoms. The van der Waals surface area contributed by atoms with Crippen LogP contribution in [-0.2, 0) is 6.54 Å². The molecule has 0 saturated carbocycles. The summed E-state index contributed by atoms with van der Waals surface area (Å²) in [7, 11) is 1.50. The number of hydrogen-bond acceptors (Lipinski definition) is 6. The third-order valence-corrected chi connectivity index (χ3v) is 4.69. The summed E-state index contributed by atoms with van der Waals surface area (Å²) in [4.78, 5) is 31.6. The lowest BCUT2D eigenvalue weighted by molar-refractivity contribution is 0.0690.